The van der Waals surface area contributed by atoms with Gasteiger partial charge in [-0.2, -0.15) is 0 Å². The number of aliphatic hydroxyl groups excluding tert-OH is 1. The van der Waals surface area contributed by atoms with Crippen molar-refractivity contribution in [3.63, 3.8) is 0 Å². The van der Waals surface area contributed by atoms with Crippen molar-refractivity contribution >= 4 is 10.0 Å². The lowest BCUT2D eigenvalue weighted by Crippen LogP contribution is -2.32. The summed E-state index contributed by atoms with van der Waals surface area (Å²) in [4.78, 5) is 2.53. The zero-order valence-corrected chi connectivity index (χ0v) is 13.3. The Morgan fingerprint density at radius 2 is 2.05 bits per heavy atom. The van der Waals surface area contributed by atoms with E-state index >= 15 is 0 Å². The molecule has 1 fully saturated rings. The summed E-state index contributed by atoms with van der Waals surface area (Å²) in [6.45, 7) is 2.50. The molecule has 0 saturated carbocycles. The van der Waals surface area contributed by atoms with E-state index in [1.165, 1.54) is 6.07 Å². The van der Waals surface area contributed by atoms with Crippen molar-refractivity contribution in [2.24, 2.45) is 5.92 Å². The highest BCUT2D eigenvalue weighted by molar-refractivity contribution is 7.89. The minimum atomic E-state index is -3.48. The molecule has 0 aromatic heterocycles. The van der Waals surface area contributed by atoms with Gasteiger partial charge in [-0.15, -0.1) is 0 Å². The number of piperidine rings is 1. The number of aliphatic hydroxyl groups is 1. The molecular weight excluding hydrogens is 288 g/mol. The Labute approximate surface area is 127 Å². The average Bonchev–Trinajstić information content (AvgIpc) is 2.49. The maximum atomic E-state index is 12.2. The summed E-state index contributed by atoms with van der Waals surface area (Å²) in [5.74, 6) is 0.604. The molecule has 1 aromatic rings. The summed E-state index contributed by atoms with van der Waals surface area (Å²) >= 11 is 0. The molecule has 1 heterocycles. The van der Waals surface area contributed by atoms with Crippen molar-refractivity contribution in [3.05, 3.63) is 29.8 Å². The Hall–Kier alpha value is -0.950. The SMILES string of the molecule is CN1CCC(CCNS(=O)(=O)c2cccc(CO)c2)CC1. The van der Waals surface area contributed by atoms with Gasteiger partial charge in [0.1, 0.15) is 0 Å². The van der Waals surface area contributed by atoms with Gasteiger partial charge >= 0.3 is 0 Å². The van der Waals surface area contributed by atoms with Gasteiger partial charge in [-0.25, -0.2) is 13.1 Å². The van der Waals surface area contributed by atoms with E-state index in [4.69, 9.17) is 5.11 Å². The number of rotatable bonds is 6. The summed E-state index contributed by atoms with van der Waals surface area (Å²) in [5, 5.41) is 9.08. The van der Waals surface area contributed by atoms with Gasteiger partial charge in [-0.05, 0) is 63.0 Å². The molecule has 0 amide bonds. The minimum absolute atomic E-state index is 0.154. The van der Waals surface area contributed by atoms with E-state index < -0.39 is 10.0 Å². The van der Waals surface area contributed by atoms with Crippen molar-refractivity contribution in [1.82, 2.24) is 9.62 Å². The van der Waals surface area contributed by atoms with Gasteiger partial charge in [0.2, 0.25) is 10.0 Å². The Kier molecular flexibility index (Phi) is 5.75. The molecule has 1 aromatic carbocycles. The molecule has 118 valence electrons. The Morgan fingerprint density at radius 3 is 2.71 bits per heavy atom. The first kappa shape index (κ1) is 16.4. The first-order valence-electron chi connectivity index (χ1n) is 7.39. The van der Waals surface area contributed by atoms with E-state index in [-0.39, 0.29) is 11.5 Å². The summed E-state index contributed by atoms with van der Waals surface area (Å²) in [6, 6.07) is 6.42. The molecule has 0 unspecified atom stereocenters. The van der Waals surface area contributed by atoms with Crippen LogP contribution >= 0.6 is 0 Å². The van der Waals surface area contributed by atoms with Crippen LogP contribution in [0.2, 0.25) is 0 Å². The van der Waals surface area contributed by atoms with Gasteiger partial charge in [0.15, 0.2) is 0 Å². The lowest BCUT2D eigenvalue weighted by molar-refractivity contribution is 0.213. The second kappa shape index (κ2) is 7.35. The van der Waals surface area contributed by atoms with Gasteiger partial charge in [0.25, 0.3) is 0 Å². The molecule has 1 aliphatic heterocycles. The quantitative estimate of drug-likeness (QED) is 0.828. The molecule has 0 radical (unpaired) electrons. The van der Waals surface area contributed by atoms with Gasteiger partial charge < -0.3 is 10.0 Å². The maximum absolute atomic E-state index is 12.2. The smallest absolute Gasteiger partial charge is 0.240 e. The third kappa shape index (κ3) is 4.78. The minimum Gasteiger partial charge on any atom is -0.392 e. The molecule has 0 bridgehead atoms. The maximum Gasteiger partial charge on any atom is 0.240 e. The number of nitrogens with one attached hydrogen (secondary N) is 1. The number of likely N-dealkylation sites (tertiary alicyclic amines) is 1. The highest BCUT2D eigenvalue weighted by Gasteiger charge is 2.18. The number of hydrogen-bond acceptors (Lipinski definition) is 4. The zero-order chi connectivity index (χ0) is 15.3. The molecule has 21 heavy (non-hydrogen) atoms. The van der Waals surface area contributed by atoms with Crippen LogP contribution in [-0.2, 0) is 16.6 Å². The van der Waals surface area contributed by atoms with Crippen LogP contribution < -0.4 is 4.72 Å². The van der Waals surface area contributed by atoms with Crippen LogP contribution in [0.1, 0.15) is 24.8 Å². The van der Waals surface area contributed by atoms with E-state index in [1.54, 1.807) is 18.2 Å². The van der Waals surface area contributed by atoms with Crippen LogP contribution in [0.4, 0.5) is 0 Å². The molecule has 0 atom stereocenters. The summed E-state index contributed by atoms with van der Waals surface area (Å²) < 4.78 is 27.0. The highest BCUT2D eigenvalue weighted by Crippen LogP contribution is 2.19. The second-order valence-corrected chi connectivity index (χ2v) is 7.51. The van der Waals surface area contributed by atoms with Crippen LogP contribution in [0, 0.1) is 5.92 Å². The fraction of sp³-hybridized carbons (Fsp3) is 0.600. The molecule has 6 heteroatoms. The Balaban J connectivity index is 1.86. The third-order valence-corrected chi connectivity index (χ3v) is 5.53. The molecule has 0 spiro atoms. The van der Waals surface area contributed by atoms with Gasteiger partial charge in [-0.1, -0.05) is 12.1 Å². The Bertz CT molecular complexity index is 552. The van der Waals surface area contributed by atoms with Crippen molar-refractivity contribution in [3.8, 4) is 0 Å². The first-order chi connectivity index (χ1) is 10.0. The number of benzene rings is 1. The Morgan fingerprint density at radius 1 is 1.33 bits per heavy atom. The molecule has 1 saturated heterocycles. The number of sulfonamides is 1. The highest BCUT2D eigenvalue weighted by atomic mass is 32.2. The summed E-state index contributed by atoms with van der Waals surface area (Å²) in [7, 11) is -1.36. The zero-order valence-electron chi connectivity index (χ0n) is 12.5. The molecule has 0 aliphatic carbocycles. The molecule has 2 rings (SSSR count). The van der Waals surface area contributed by atoms with Crippen molar-refractivity contribution in [2.45, 2.75) is 30.8 Å². The predicted molar refractivity (Wildman–Crippen MR) is 82.4 cm³/mol. The van der Waals surface area contributed by atoms with E-state index in [1.807, 2.05) is 0 Å². The number of nitrogens with zero attached hydrogens (tertiary/aromatic N) is 1. The average molecular weight is 312 g/mol. The van der Waals surface area contributed by atoms with Crippen LogP contribution in [0.15, 0.2) is 29.2 Å². The molecule has 1 aliphatic rings. The standard InChI is InChI=1S/C15H24N2O3S/c1-17-9-6-13(7-10-17)5-8-16-21(19,20)15-4-2-3-14(11-15)12-18/h2-4,11,13,16,18H,5-10,12H2,1H3. The van der Waals surface area contributed by atoms with Crippen LogP contribution in [0.3, 0.4) is 0 Å². The summed E-state index contributed by atoms with van der Waals surface area (Å²) in [5.41, 5.74) is 0.605. The van der Waals surface area contributed by atoms with E-state index in [0.717, 1.165) is 32.4 Å². The lowest BCUT2D eigenvalue weighted by Gasteiger charge is -2.28. The van der Waals surface area contributed by atoms with Crippen molar-refractivity contribution in [2.75, 3.05) is 26.7 Å². The third-order valence-electron chi connectivity index (χ3n) is 4.07. The number of hydrogen-bond donors (Lipinski definition) is 2. The monoisotopic (exact) mass is 312 g/mol. The van der Waals surface area contributed by atoms with Crippen LogP contribution in [-0.4, -0.2) is 45.1 Å². The van der Waals surface area contributed by atoms with E-state index in [2.05, 4.69) is 16.7 Å². The van der Waals surface area contributed by atoms with Crippen molar-refractivity contribution < 1.29 is 13.5 Å². The lowest BCUT2D eigenvalue weighted by atomic mass is 9.94. The van der Waals surface area contributed by atoms with Crippen molar-refractivity contribution in [1.29, 1.82) is 0 Å². The normalized spacial score (nSPS) is 18.0. The molecule has 2 N–H and O–H groups in total. The fourth-order valence-corrected chi connectivity index (χ4v) is 3.76. The first-order valence-corrected chi connectivity index (χ1v) is 8.87. The van der Waals surface area contributed by atoms with Gasteiger partial charge in [0, 0.05) is 6.54 Å². The molecular formula is C15H24N2O3S. The van der Waals surface area contributed by atoms with E-state index in [0.29, 0.717) is 18.0 Å². The van der Waals surface area contributed by atoms with E-state index in [9.17, 15) is 8.42 Å². The second-order valence-electron chi connectivity index (χ2n) is 5.74. The molecule has 5 nitrogen and oxygen atoms in total. The fourth-order valence-electron chi connectivity index (χ4n) is 2.64. The van der Waals surface area contributed by atoms with Crippen LogP contribution in [0.5, 0.6) is 0 Å². The predicted octanol–water partition coefficient (Wildman–Crippen LogP) is 1.19. The van der Waals surface area contributed by atoms with Crippen LogP contribution in [0.25, 0.3) is 0 Å². The summed E-state index contributed by atoms with van der Waals surface area (Å²) in [6.07, 6.45) is 3.16. The van der Waals surface area contributed by atoms with Gasteiger partial charge in [-0.3, -0.25) is 0 Å². The largest absolute Gasteiger partial charge is 0.392 e. The van der Waals surface area contributed by atoms with Gasteiger partial charge in [0.05, 0.1) is 11.5 Å². The topological polar surface area (TPSA) is 69.6 Å².